The maximum Gasteiger partial charge on any atom is 0.329 e. The molecule has 0 heterocycles. The zero-order valence-electron chi connectivity index (χ0n) is 8.33. The van der Waals surface area contributed by atoms with Crippen LogP contribution >= 0.6 is 0 Å². The third-order valence-electron chi connectivity index (χ3n) is 2.77. The highest BCUT2D eigenvalue weighted by atomic mass is 19.2. The highest BCUT2D eigenvalue weighted by molar-refractivity contribution is 5.79. The fourth-order valence-electron chi connectivity index (χ4n) is 1.04. The lowest BCUT2D eigenvalue weighted by Gasteiger charge is -2.40. The van der Waals surface area contributed by atoms with Crippen LogP contribution < -0.4 is 0 Å². The van der Waals surface area contributed by atoms with E-state index in [0.29, 0.717) is 0 Å². The van der Waals surface area contributed by atoms with Crippen molar-refractivity contribution in [3.63, 3.8) is 0 Å². The zero-order chi connectivity index (χ0) is 10.9. The molecule has 2 atom stereocenters. The molecule has 0 aromatic carbocycles. The molecule has 0 rings (SSSR count). The number of aliphatic hydroxyl groups is 1. The van der Waals surface area contributed by atoms with Crippen LogP contribution in [0.15, 0.2) is 0 Å². The summed E-state index contributed by atoms with van der Waals surface area (Å²) in [4.78, 5) is 10.8. The van der Waals surface area contributed by atoms with Crippen LogP contribution in [-0.2, 0) is 4.79 Å². The van der Waals surface area contributed by atoms with E-state index in [0.717, 1.165) is 14.0 Å². The molecule has 0 fully saturated rings. The van der Waals surface area contributed by atoms with E-state index in [1.165, 1.54) is 6.92 Å². The molecule has 0 aromatic heterocycles. The van der Waals surface area contributed by atoms with Crippen LogP contribution in [0.25, 0.3) is 0 Å². The first-order chi connectivity index (χ1) is 5.70. The van der Waals surface area contributed by atoms with Gasteiger partial charge in [0.2, 0.25) is 0 Å². The predicted molar refractivity (Wildman–Crippen MR) is 45.8 cm³/mol. The van der Waals surface area contributed by atoms with Gasteiger partial charge in [0.25, 0.3) is 0 Å². The number of halogens is 1. The van der Waals surface area contributed by atoms with Crippen LogP contribution in [0.3, 0.4) is 0 Å². The van der Waals surface area contributed by atoms with E-state index in [1.807, 2.05) is 0 Å². The van der Waals surface area contributed by atoms with E-state index < -0.39 is 17.1 Å². The number of hydrogen-bond acceptors (Lipinski definition) is 3. The Hall–Kier alpha value is -0.680. The molecule has 0 aliphatic heterocycles. The van der Waals surface area contributed by atoms with Gasteiger partial charge in [-0.25, -0.2) is 0 Å². The summed E-state index contributed by atoms with van der Waals surface area (Å²) < 4.78 is 13.0. The minimum Gasteiger partial charge on any atom is -0.480 e. The molecule has 0 aliphatic carbocycles. The molecule has 0 amide bonds. The lowest BCUT2D eigenvalue weighted by Crippen LogP contribution is -2.62. The SMILES string of the molecule is CC[C@@](C)(O)[C@@](C)(C(=O)O)N(C)F. The van der Waals surface area contributed by atoms with Gasteiger partial charge in [-0.1, -0.05) is 6.92 Å². The number of carboxylic acids is 1. The third kappa shape index (κ3) is 1.81. The van der Waals surface area contributed by atoms with Crippen molar-refractivity contribution in [3.8, 4) is 0 Å². The first-order valence-corrected chi connectivity index (χ1v) is 4.05. The van der Waals surface area contributed by atoms with Crippen molar-refractivity contribution >= 4 is 5.97 Å². The van der Waals surface area contributed by atoms with Gasteiger partial charge < -0.3 is 10.2 Å². The molecule has 13 heavy (non-hydrogen) atoms. The molecule has 0 bridgehead atoms. The summed E-state index contributed by atoms with van der Waals surface area (Å²) in [5.74, 6) is -1.38. The number of aliphatic carboxylic acids is 1. The van der Waals surface area contributed by atoms with E-state index in [1.54, 1.807) is 6.92 Å². The molecule has 0 aliphatic rings. The van der Waals surface area contributed by atoms with Crippen molar-refractivity contribution in [1.82, 2.24) is 5.12 Å². The summed E-state index contributed by atoms with van der Waals surface area (Å²) in [7, 11) is 0.984. The number of likely N-dealkylation sites (N-methyl/N-ethyl adjacent to an activating group) is 1. The Morgan fingerprint density at radius 1 is 1.54 bits per heavy atom. The van der Waals surface area contributed by atoms with Gasteiger partial charge in [-0.05, 0) is 20.3 Å². The second kappa shape index (κ2) is 3.59. The minimum atomic E-state index is -1.91. The second-order valence-corrected chi connectivity index (χ2v) is 3.48. The van der Waals surface area contributed by atoms with Crippen molar-refractivity contribution in [2.24, 2.45) is 0 Å². The summed E-state index contributed by atoms with van der Waals surface area (Å²) in [5.41, 5.74) is -3.52. The van der Waals surface area contributed by atoms with Crippen molar-refractivity contribution in [2.75, 3.05) is 7.05 Å². The second-order valence-electron chi connectivity index (χ2n) is 3.48. The number of carbonyl (C=O) groups is 1. The van der Waals surface area contributed by atoms with Crippen molar-refractivity contribution in [1.29, 1.82) is 0 Å². The molecule has 4 nitrogen and oxygen atoms in total. The maximum atomic E-state index is 13.0. The molecule has 0 spiro atoms. The number of rotatable bonds is 4. The largest absolute Gasteiger partial charge is 0.480 e. The Balaban J connectivity index is 5.13. The summed E-state index contributed by atoms with van der Waals surface area (Å²) in [6, 6.07) is 0. The minimum absolute atomic E-state index is 0.0266. The van der Waals surface area contributed by atoms with Crippen LogP contribution in [-0.4, -0.2) is 39.5 Å². The number of hydrogen-bond donors (Lipinski definition) is 2. The predicted octanol–water partition coefficient (Wildman–Crippen LogP) is 0.807. The van der Waals surface area contributed by atoms with Gasteiger partial charge >= 0.3 is 5.97 Å². The normalized spacial score (nSPS) is 20.8. The van der Waals surface area contributed by atoms with Gasteiger partial charge in [0.15, 0.2) is 5.54 Å². The van der Waals surface area contributed by atoms with Crippen LogP contribution in [0.5, 0.6) is 0 Å². The molecule has 78 valence electrons. The average molecular weight is 193 g/mol. The molecule has 2 N–H and O–H groups in total. The fraction of sp³-hybridized carbons (Fsp3) is 0.875. The Morgan fingerprint density at radius 3 is 2.00 bits per heavy atom. The van der Waals surface area contributed by atoms with Gasteiger partial charge in [0.05, 0.1) is 5.60 Å². The van der Waals surface area contributed by atoms with Crippen molar-refractivity contribution < 1.29 is 19.5 Å². The highest BCUT2D eigenvalue weighted by Gasteiger charge is 2.52. The smallest absolute Gasteiger partial charge is 0.329 e. The van der Waals surface area contributed by atoms with Crippen LogP contribution in [0.2, 0.25) is 0 Å². The molecule has 0 saturated carbocycles. The number of carboxylic acid groups (broad SMARTS) is 1. The Morgan fingerprint density at radius 2 is 1.92 bits per heavy atom. The van der Waals surface area contributed by atoms with Crippen molar-refractivity contribution in [3.05, 3.63) is 0 Å². The first-order valence-electron chi connectivity index (χ1n) is 4.05. The van der Waals surface area contributed by atoms with Crippen LogP contribution in [0.4, 0.5) is 4.48 Å². The molecule has 0 saturated heterocycles. The Bertz CT molecular complexity index is 206. The Kier molecular flexibility index (Phi) is 3.40. The Labute approximate surface area is 76.9 Å². The van der Waals surface area contributed by atoms with Crippen LogP contribution in [0.1, 0.15) is 27.2 Å². The van der Waals surface area contributed by atoms with Gasteiger partial charge in [-0.15, -0.1) is 9.60 Å². The van der Waals surface area contributed by atoms with E-state index in [9.17, 15) is 14.4 Å². The molecule has 0 radical (unpaired) electrons. The monoisotopic (exact) mass is 193 g/mol. The molecule has 0 unspecified atom stereocenters. The average Bonchev–Trinajstić information content (AvgIpc) is 2.01. The fourth-order valence-corrected chi connectivity index (χ4v) is 1.04. The summed E-state index contributed by atoms with van der Waals surface area (Å²) >= 11 is 0. The van der Waals surface area contributed by atoms with E-state index in [2.05, 4.69) is 0 Å². The molecule has 5 heteroatoms. The quantitative estimate of drug-likeness (QED) is 0.648. The lowest BCUT2D eigenvalue weighted by atomic mass is 9.80. The zero-order valence-corrected chi connectivity index (χ0v) is 8.33. The molecule has 0 aromatic rings. The van der Waals surface area contributed by atoms with Crippen LogP contribution in [0, 0.1) is 0 Å². The summed E-state index contributed by atoms with van der Waals surface area (Å²) in [6.07, 6.45) is 0.157. The van der Waals surface area contributed by atoms with Gasteiger partial charge in [-0.3, -0.25) is 4.79 Å². The summed E-state index contributed by atoms with van der Waals surface area (Å²) in [6.45, 7) is 4.06. The van der Waals surface area contributed by atoms with E-state index in [-0.39, 0.29) is 11.5 Å². The van der Waals surface area contributed by atoms with Gasteiger partial charge in [0, 0.05) is 7.05 Å². The van der Waals surface area contributed by atoms with Gasteiger partial charge in [0.1, 0.15) is 0 Å². The highest BCUT2D eigenvalue weighted by Crippen LogP contribution is 2.30. The first kappa shape index (κ1) is 12.3. The molecular weight excluding hydrogens is 177 g/mol. The molecular formula is C8H16FNO3. The van der Waals surface area contributed by atoms with Gasteiger partial charge in [-0.2, -0.15) is 0 Å². The van der Waals surface area contributed by atoms with E-state index >= 15 is 0 Å². The standard InChI is InChI=1S/C8H16FNO3/c1-5-7(2,13)8(3,6(11)12)10(4)9/h13H,5H2,1-4H3,(H,11,12)/t7-,8-/m1/s1. The topological polar surface area (TPSA) is 60.8 Å². The lowest BCUT2D eigenvalue weighted by molar-refractivity contribution is -0.194. The maximum absolute atomic E-state index is 13.0. The number of nitrogens with zero attached hydrogens (tertiary/aromatic N) is 1. The summed E-state index contributed by atoms with van der Waals surface area (Å²) in [5, 5.41) is 18.6. The third-order valence-corrected chi connectivity index (χ3v) is 2.77. The van der Waals surface area contributed by atoms with Crippen molar-refractivity contribution in [2.45, 2.75) is 38.3 Å². The van der Waals surface area contributed by atoms with E-state index in [4.69, 9.17) is 5.11 Å².